The molecule has 3 heteroatoms. The second-order valence-corrected chi connectivity index (χ2v) is 6.56. The summed E-state index contributed by atoms with van der Waals surface area (Å²) < 4.78 is 5.51. The molecule has 0 spiro atoms. The molecular formula is C18H30N2O. The fourth-order valence-electron chi connectivity index (χ4n) is 3.33. The minimum atomic E-state index is 0.590. The Morgan fingerprint density at radius 1 is 1.29 bits per heavy atom. The van der Waals surface area contributed by atoms with E-state index in [1.165, 1.54) is 43.5 Å². The molecule has 1 aromatic carbocycles. The Balaban J connectivity index is 2.04. The predicted octanol–water partition coefficient (Wildman–Crippen LogP) is 3.41. The number of hydrogen-bond acceptors (Lipinski definition) is 3. The van der Waals surface area contributed by atoms with Crippen LogP contribution in [0.4, 0.5) is 0 Å². The molecule has 1 aliphatic rings. The lowest BCUT2D eigenvalue weighted by molar-refractivity contribution is 0.260. The molecule has 1 atom stereocenters. The van der Waals surface area contributed by atoms with Gasteiger partial charge in [0.1, 0.15) is 5.75 Å². The number of rotatable bonds is 5. The number of nitrogens with zero attached hydrogens (tertiary/aromatic N) is 1. The first-order chi connectivity index (χ1) is 10.1. The Morgan fingerprint density at radius 2 is 2.10 bits per heavy atom. The van der Waals surface area contributed by atoms with E-state index < -0.39 is 0 Å². The first-order valence-corrected chi connectivity index (χ1v) is 8.22. The van der Waals surface area contributed by atoms with Crippen molar-refractivity contribution in [3.8, 4) is 5.75 Å². The number of likely N-dealkylation sites (tertiary alicyclic amines) is 1. The van der Waals surface area contributed by atoms with Crippen molar-refractivity contribution < 1.29 is 4.74 Å². The Bertz CT molecular complexity index is 445. The number of benzene rings is 1. The van der Waals surface area contributed by atoms with Gasteiger partial charge in [-0.25, -0.2) is 0 Å². The summed E-state index contributed by atoms with van der Waals surface area (Å²) in [5, 5.41) is 0. The highest BCUT2D eigenvalue weighted by Crippen LogP contribution is 2.27. The van der Waals surface area contributed by atoms with Gasteiger partial charge in [0.2, 0.25) is 0 Å². The van der Waals surface area contributed by atoms with Crippen LogP contribution in [0.3, 0.4) is 0 Å². The summed E-state index contributed by atoms with van der Waals surface area (Å²) in [6.07, 6.45) is 3.99. The summed E-state index contributed by atoms with van der Waals surface area (Å²) in [6, 6.07) is 6.30. The highest BCUT2D eigenvalue weighted by molar-refractivity contribution is 5.37. The van der Waals surface area contributed by atoms with E-state index in [1.54, 1.807) is 7.11 Å². The molecule has 1 heterocycles. The van der Waals surface area contributed by atoms with Crippen molar-refractivity contribution in [3.63, 3.8) is 0 Å². The van der Waals surface area contributed by atoms with E-state index >= 15 is 0 Å². The zero-order valence-corrected chi connectivity index (χ0v) is 13.8. The number of hydrogen-bond donors (Lipinski definition) is 1. The van der Waals surface area contributed by atoms with Crippen LogP contribution in [-0.2, 0) is 13.1 Å². The van der Waals surface area contributed by atoms with Crippen LogP contribution in [0.25, 0.3) is 0 Å². The van der Waals surface area contributed by atoms with Crippen LogP contribution in [0.5, 0.6) is 5.75 Å². The lowest BCUT2D eigenvalue weighted by atomic mass is 9.89. The van der Waals surface area contributed by atoms with Crippen LogP contribution in [0.2, 0.25) is 0 Å². The van der Waals surface area contributed by atoms with Gasteiger partial charge in [0.05, 0.1) is 7.11 Å². The van der Waals surface area contributed by atoms with Gasteiger partial charge in [-0.2, -0.15) is 0 Å². The first-order valence-electron chi connectivity index (χ1n) is 8.22. The molecule has 0 radical (unpaired) electrons. The topological polar surface area (TPSA) is 38.5 Å². The smallest absolute Gasteiger partial charge is 0.123 e. The van der Waals surface area contributed by atoms with E-state index in [9.17, 15) is 0 Å². The maximum absolute atomic E-state index is 5.77. The molecule has 0 saturated carbocycles. The number of nitrogens with two attached hydrogens (primary N) is 1. The van der Waals surface area contributed by atoms with Crippen molar-refractivity contribution in [3.05, 3.63) is 29.3 Å². The maximum atomic E-state index is 5.77. The summed E-state index contributed by atoms with van der Waals surface area (Å²) in [7, 11) is 1.75. The molecule has 2 N–H and O–H groups in total. The van der Waals surface area contributed by atoms with E-state index in [-0.39, 0.29) is 0 Å². The van der Waals surface area contributed by atoms with E-state index in [0.29, 0.717) is 6.54 Å². The highest BCUT2D eigenvalue weighted by Gasteiger charge is 2.20. The molecule has 2 rings (SSSR count). The van der Waals surface area contributed by atoms with Gasteiger partial charge in [0, 0.05) is 18.7 Å². The van der Waals surface area contributed by atoms with Gasteiger partial charge in [0.15, 0.2) is 0 Å². The van der Waals surface area contributed by atoms with Crippen LogP contribution in [0.15, 0.2) is 18.2 Å². The molecule has 1 aliphatic heterocycles. The molecule has 0 aliphatic carbocycles. The Kier molecular flexibility index (Phi) is 6.07. The summed E-state index contributed by atoms with van der Waals surface area (Å²) in [5.41, 5.74) is 8.21. The quantitative estimate of drug-likeness (QED) is 0.903. The third-order valence-corrected chi connectivity index (χ3v) is 4.78. The molecule has 1 saturated heterocycles. The molecule has 1 aromatic rings. The number of ether oxygens (including phenoxy) is 1. The summed E-state index contributed by atoms with van der Waals surface area (Å²) >= 11 is 0. The van der Waals surface area contributed by atoms with Crippen molar-refractivity contribution in [2.45, 2.75) is 46.2 Å². The fourth-order valence-corrected chi connectivity index (χ4v) is 3.33. The SMILES string of the molecule is COc1ccc(CN)cc1CN1CCCC(C(C)C)CC1. The molecule has 3 nitrogen and oxygen atoms in total. The van der Waals surface area contributed by atoms with Crippen LogP contribution in [0, 0.1) is 11.8 Å². The van der Waals surface area contributed by atoms with Crippen molar-refractivity contribution >= 4 is 0 Å². The average molecular weight is 290 g/mol. The normalized spacial score (nSPS) is 20.5. The summed E-state index contributed by atoms with van der Waals surface area (Å²) in [6.45, 7) is 8.66. The minimum Gasteiger partial charge on any atom is -0.496 e. The zero-order chi connectivity index (χ0) is 15.2. The molecule has 1 fully saturated rings. The third kappa shape index (κ3) is 4.45. The number of methoxy groups -OCH3 is 1. The second-order valence-electron chi connectivity index (χ2n) is 6.56. The Hall–Kier alpha value is -1.06. The van der Waals surface area contributed by atoms with Gasteiger partial charge in [-0.3, -0.25) is 4.90 Å². The lowest BCUT2D eigenvalue weighted by Crippen LogP contribution is -2.25. The Morgan fingerprint density at radius 3 is 2.76 bits per heavy atom. The monoisotopic (exact) mass is 290 g/mol. The first kappa shape index (κ1) is 16.3. The lowest BCUT2D eigenvalue weighted by Gasteiger charge is -2.22. The van der Waals surface area contributed by atoms with Gasteiger partial charge in [-0.1, -0.05) is 19.9 Å². The molecule has 0 bridgehead atoms. The van der Waals surface area contributed by atoms with Gasteiger partial charge in [-0.05, 0) is 61.9 Å². The maximum Gasteiger partial charge on any atom is 0.123 e. The van der Waals surface area contributed by atoms with Gasteiger partial charge >= 0.3 is 0 Å². The van der Waals surface area contributed by atoms with Gasteiger partial charge in [0.25, 0.3) is 0 Å². The summed E-state index contributed by atoms with van der Waals surface area (Å²) in [4.78, 5) is 2.57. The molecular weight excluding hydrogens is 260 g/mol. The molecule has 0 amide bonds. The van der Waals surface area contributed by atoms with E-state index in [0.717, 1.165) is 24.1 Å². The highest BCUT2D eigenvalue weighted by atomic mass is 16.5. The summed E-state index contributed by atoms with van der Waals surface area (Å²) in [5.74, 6) is 2.67. The fraction of sp³-hybridized carbons (Fsp3) is 0.667. The van der Waals surface area contributed by atoms with Crippen LogP contribution in [0.1, 0.15) is 44.2 Å². The molecule has 21 heavy (non-hydrogen) atoms. The van der Waals surface area contributed by atoms with Gasteiger partial charge in [-0.15, -0.1) is 0 Å². The Labute approximate surface area is 129 Å². The van der Waals surface area contributed by atoms with Crippen LogP contribution < -0.4 is 10.5 Å². The van der Waals surface area contributed by atoms with E-state index in [1.807, 2.05) is 6.07 Å². The largest absolute Gasteiger partial charge is 0.496 e. The third-order valence-electron chi connectivity index (χ3n) is 4.78. The van der Waals surface area contributed by atoms with Crippen LogP contribution >= 0.6 is 0 Å². The van der Waals surface area contributed by atoms with Gasteiger partial charge < -0.3 is 10.5 Å². The van der Waals surface area contributed by atoms with Crippen molar-refractivity contribution in [2.24, 2.45) is 17.6 Å². The molecule has 1 unspecified atom stereocenters. The average Bonchev–Trinajstić information content (AvgIpc) is 2.73. The van der Waals surface area contributed by atoms with E-state index in [4.69, 9.17) is 10.5 Å². The molecule has 0 aromatic heterocycles. The molecule has 118 valence electrons. The standard InChI is InChI=1S/C18H30N2O/c1-14(2)16-5-4-9-20(10-8-16)13-17-11-15(12-19)6-7-18(17)21-3/h6-7,11,14,16H,4-5,8-10,12-13,19H2,1-3H3. The van der Waals surface area contributed by atoms with Crippen molar-refractivity contribution in [1.82, 2.24) is 4.90 Å². The second kappa shape index (κ2) is 7.81. The predicted molar refractivity (Wildman–Crippen MR) is 88.3 cm³/mol. The van der Waals surface area contributed by atoms with Crippen LogP contribution in [-0.4, -0.2) is 25.1 Å². The van der Waals surface area contributed by atoms with Crippen molar-refractivity contribution in [1.29, 1.82) is 0 Å². The minimum absolute atomic E-state index is 0.590. The van der Waals surface area contributed by atoms with E-state index in [2.05, 4.69) is 30.9 Å². The van der Waals surface area contributed by atoms with Crippen molar-refractivity contribution in [2.75, 3.05) is 20.2 Å². The zero-order valence-electron chi connectivity index (χ0n) is 13.8.